The maximum Gasteiger partial charge on any atom is 0.327 e. The van der Waals surface area contributed by atoms with E-state index in [9.17, 15) is 4.79 Å². The highest BCUT2D eigenvalue weighted by atomic mass is 16.5. The molecule has 0 saturated carbocycles. The fraction of sp³-hybridized carbons (Fsp3) is 0.562. The maximum atomic E-state index is 12.0. The summed E-state index contributed by atoms with van der Waals surface area (Å²) in [6.07, 6.45) is 2.16. The quantitative estimate of drug-likeness (QED) is 0.835. The number of hydrogen-bond donors (Lipinski definition) is 1. The third-order valence-electron chi connectivity index (χ3n) is 4.01. The van der Waals surface area contributed by atoms with Gasteiger partial charge in [-0.15, -0.1) is 0 Å². The maximum absolute atomic E-state index is 12.0. The van der Waals surface area contributed by atoms with Crippen LogP contribution in [0.1, 0.15) is 31.4 Å². The first-order chi connectivity index (χ1) is 9.74. The van der Waals surface area contributed by atoms with Gasteiger partial charge in [0.15, 0.2) is 0 Å². The Kier molecular flexibility index (Phi) is 5.56. The molecule has 20 heavy (non-hydrogen) atoms. The molecular formula is C16H24N2O2. The van der Waals surface area contributed by atoms with E-state index in [1.165, 1.54) is 7.11 Å². The van der Waals surface area contributed by atoms with Gasteiger partial charge >= 0.3 is 5.97 Å². The van der Waals surface area contributed by atoms with Gasteiger partial charge in [-0.3, -0.25) is 5.32 Å². The van der Waals surface area contributed by atoms with Crippen molar-refractivity contribution in [1.29, 1.82) is 0 Å². The van der Waals surface area contributed by atoms with Gasteiger partial charge in [0.25, 0.3) is 0 Å². The van der Waals surface area contributed by atoms with Crippen LogP contribution < -0.4 is 5.32 Å². The second-order valence-electron chi connectivity index (χ2n) is 5.24. The predicted octanol–water partition coefficient (Wildman–Crippen LogP) is 1.97. The predicted molar refractivity (Wildman–Crippen MR) is 79.5 cm³/mol. The zero-order chi connectivity index (χ0) is 14.4. The van der Waals surface area contributed by atoms with Gasteiger partial charge < -0.3 is 9.64 Å². The number of hydrogen-bond acceptors (Lipinski definition) is 4. The van der Waals surface area contributed by atoms with Crippen LogP contribution in [-0.2, 0) is 9.53 Å². The van der Waals surface area contributed by atoms with E-state index < -0.39 is 0 Å². The van der Waals surface area contributed by atoms with Crippen molar-refractivity contribution in [3.05, 3.63) is 35.9 Å². The number of piperidine rings is 1. The summed E-state index contributed by atoms with van der Waals surface area (Å²) in [5.74, 6) is -0.214. The second-order valence-corrected chi connectivity index (χ2v) is 5.24. The Morgan fingerprint density at radius 2 is 2.00 bits per heavy atom. The summed E-state index contributed by atoms with van der Waals surface area (Å²) in [7, 11) is 1.44. The molecule has 0 spiro atoms. The van der Waals surface area contributed by atoms with Crippen LogP contribution in [-0.4, -0.2) is 43.7 Å². The van der Waals surface area contributed by atoms with Crippen molar-refractivity contribution in [2.75, 3.05) is 26.7 Å². The average molecular weight is 276 g/mol. The van der Waals surface area contributed by atoms with E-state index in [2.05, 4.69) is 17.1 Å². The Hall–Kier alpha value is -1.39. The van der Waals surface area contributed by atoms with E-state index in [0.29, 0.717) is 6.04 Å². The van der Waals surface area contributed by atoms with E-state index in [4.69, 9.17) is 4.74 Å². The smallest absolute Gasteiger partial charge is 0.327 e. The largest absolute Gasteiger partial charge is 0.468 e. The molecule has 1 aromatic carbocycles. The number of rotatable bonds is 5. The van der Waals surface area contributed by atoms with E-state index in [1.807, 2.05) is 30.3 Å². The summed E-state index contributed by atoms with van der Waals surface area (Å²) in [6.45, 7) is 5.48. The summed E-state index contributed by atoms with van der Waals surface area (Å²) in [4.78, 5) is 14.4. The molecule has 0 aromatic heterocycles. The SMILES string of the molecule is CCN1CCC(N[C@H](C(=O)OC)c2ccccc2)CC1. The molecule has 4 nitrogen and oxygen atoms in total. The van der Waals surface area contributed by atoms with Crippen LogP contribution in [0.15, 0.2) is 30.3 Å². The van der Waals surface area contributed by atoms with E-state index in [0.717, 1.165) is 38.0 Å². The number of esters is 1. The van der Waals surface area contributed by atoms with Crippen LogP contribution in [0.2, 0.25) is 0 Å². The summed E-state index contributed by atoms with van der Waals surface area (Å²) in [5, 5.41) is 3.47. The van der Waals surface area contributed by atoms with Gasteiger partial charge in [0, 0.05) is 6.04 Å². The molecule has 1 atom stereocenters. The van der Waals surface area contributed by atoms with Crippen LogP contribution in [0.5, 0.6) is 0 Å². The second kappa shape index (κ2) is 7.41. The van der Waals surface area contributed by atoms with Gasteiger partial charge in [0.1, 0.15) is 6.04 Å². The topological polar surface area (TPSA) is 41.6 Å². The molecule has 1 aromatic rings. The number of ether oxygens (including phenoxy) is 1. The van der Waals surface area contributed by atoms with Crippen LogP contribution >= 0.6 is 0 Å². The highest BCUT2D eigenvalue weighted by Crippen LogP contribution is 2.18. The van der Waals surface area contributed by atoms with Gasteiger partial charge in [-0.2, -0.15) is 0 Å². The average Bonchev–Trinajstić information content (AvgIpc) is 2.53. The van der Waals surface area contributed by atoms with E-state index in [1.54, 1.807) is 0 Å². The molecule has 1 N–H and O–H groups in total. The first-order valence-electron chi connectivity index (χ1n) is 7.35. The minimum atomic E-state index is -0.362. The Bertz CT molecular complexity index is 414. The molecule has 1 aliphatic heterocycles. The third-order valence-corrected chi connectivity index (χ3v) is 4.01. The number of carbonyl (C=O) groups excluding carboxylic acids is 1. The van der Waals surface area contributed by atoms with Crippen molar-refractivity contribution < 1.29 is 9.53 Å². The number of nitrogens with one attached hydrogen (secondary N) is 1. The molecule has 0 radical (unpaired) electrons. The Morgan fingerprint density at radius 3 is 2.55 bits per heavy atom. The molecule has 4 heteroatoms. The summed E-state index contributed by atoms with van der Waals surface area (Å²) in [6, 6.07) is 9.81. The Balaban J connectivity index is 2.00. The molecular weight excluding hydrogens is 252 g/mol. The van der Waals surface area contributed by atoms with Gasteiger partial charge in [0.2, 0.25) is 0 Å². The minimum Gasteiger partial charge on any atom is -0.468 e. The van der Waals surface area contributed by atoms with Crippen LogP contribution in [0.3, 0.4) is 0 Å². The zero-order valence-electron chi connectivity index (χ0n) is 12.3. The normalized spacial score (nSPS) is 18.7. The van der Waals surface area contributed by atoms with Gasteiger partial charge in [-0.05, 0) is 38.0 Å². The molecule has 0 bridgehead atoms. The molecule has 0 unspecified atom stereocenters. The third kappa shape index (κ3) is 3.81. The van der Waals surface area contributed by atoms with Crippen LogP contribution in [0.25, 0.3) is 0 Å². The fourth-order valence-electron chi connectivity index (χ4n) is 2.72. The first kappa shape index (κ1) is 15.0. The summed E-state index contributed by atoms with van der Waals surface area (Å²) < 4.78 is 4.94. The lowest BCUT2D eigenvalue weighted by Gasteiger charge is -2.33. The molecule has 1 heterocycles. The Labute approximate surface area is 121 Å². The van der Waals surface area contributed by atoms with Gasteiger partial charge in [-0.1, -0.05) is 37.3 Å². The fourth-order valence-corrected chi connectivity index (χ4v) is 2.72. The van der Waals surface area contributed by atoms with Crippen molar-refractivity contribution in [2.45, 2.75) is 31.8 Å². The van der Waals surface area contributed by atoms with E-state index in [-0.39, 0.29) is 12.0 Å². The first-order valence-corrected chi connectivity index (χ1v) is 7.35. The number of nitrogens with zero attached hydrogens (tertiary/aromatic N) is 1. The van der Waals surface area contributed by atoms with Crippen LogP contribution in [0, 0.1) is 0 Å². The number of carbonyl (C=O) groups is 1. The van der Waals surface area contributed by atoms with Crippen molar-refractivity contribution >= 4 is 5.97 Å². The van der Waals surface area contributed by atoms with Crippen molar-refractivity contribution in [3.63, 3.8) is 0 Å². The lowest BCUT2D eigenvalue weighted by molar-refractivity contribution is -0.143. The lowest BCUT2D eigenvalue weighted by Crippen LogP contribution is -2.45. The molecule has 1 aliphatic rings. The number of methoxy groups -OCH3 is 1. The van der Waals surface area contributed by atoms with Gasteiger partial charge in [-0.25, -0.2) is 4.79 Å². The Morgan fingerprint density at radius 1 is 1.35 bits per heavy atom. The monoisotopic (exact) mass is 276 g/mol. The molecule has 1 fully saturated rings. The molecule has 1 saturated heterocycles. The number of benzene rings is 1. The van der Waals surface area contributed by atoms with Crippen molar-refractivity contribution in [3.8, 4) is 0 Å². The number of likely N-dealkylation sites (tertiary alicyclic amines) is 1. The summed E-state index contributed by atoms with van der Waals surface area (Å²) in [5.41, 5.74) is 0.970. The van der Waals surface area contributed by atoms with E-state index >= 15 is 0 Å². The zero-order valence-corrected chi connectivity index (χ0v) is 12.3. The molecule has 2 rings (SSSR count). The highest BCUT2D eigenvalue weighted by Gasteiger charge is 2.26. The molecule has 0 aliphatic carbocycles. The standard InChI is InChI=1S/C16H24N2O2/c1-3-18-11-9-14(10-12-18)17-15(16(19)20-2)13-7-5-4-6-8-13/h4-8,14-15,17H,3,9-12H2,1-2H3/t15-/m0/s1. The highest BCUT2D eigenvalue weighted by molar-refractivity contribution is 5.77. The van der Waals surface area contributed by atoms with Gasteiger partial charge in [0.05, 0.1) is 7.11 Å². The lowest BCUT2D eigenvalue weighted by atomic mass is 10.0. The molecule has 110 valence electrons. The van der Waals surface area contributed by atoms with Crippen molar-refractivity contribution in [2.24, 2.45) is 0 Å². The van der Waals surface area contributed by atoms with Crippen molar-refractivity contribution in [1.82, 2.24) is 10.2 Å². The molecule has 0 amide bonds. The summed E-state index contributed by atoms with van der Waals surface area (Å²) >= 11 is 0. The van der Waals surface area contributed by atoms with Crippen LogP contribution in [0.4, 0.5) is 0 Å². The minimum absolute atomic E-state index is 0.214.